The summed E-state index contributed by atoms with van der Waals surface area (Å²) < 4.78 is 17.9. The molecule has 0 spiro atoms. The minimum absolute atomic E-state index is 0.289. The third-order valence-electron chi connectivity index (χ3n) is 2.23. The number of rotatable bonds is 7. The number of nitrogens with one attached hydrogen (secondary N) is 2. The van der Waals surface area contributed by atoms with E-state index < -0.39 is 6.10 Å². The van der Waals surface area contributed by atoms with Crippen LogP contribution in [0.4, 0.5) is 10.1 Å². The van der Waals surface area contributed by atoms with Crippen molar-refractivity contribution in [3.63, 3.8) is 0 Å². The Labute approximate surface area is 106 Å². The van der Waals surface area contributed by atoms with Gasteiger partial charge in [0.15, 0.2) is 0 Å². The van der Waals surface area contributed by atoms with E-state index in [0.29, 0.717) is 18.7 Å². The van der Waals surface area contributed by atoms with E-state index in [0.717, 1.165) is 0 Å². The van der Waals surface area contributed by atoms with Gasteiger partial charge in [0.2, 0.25) is 0 Å². The summed E-state index contributed by atoms with van der Waals surface area (Å²) in [5.41, 5.74) is 5.76. The summed E-state index contributed by atoms with van der Waals surface area (Å²) in [6, 6.07) is 5.66. The summed E-state index contributed by atoms with van der Waals surface area (Å²) in [6.07, 6.45) is 1.86. The molecule has 0 saturated carbocycles. The van der Waals surface area contributed by atoms with Crippen LogP contribution in [0, 0.1) is 5.82 Å². The maximum Gasteiger partial charge on any atom is 0.267 e. The first-order valence-corrected chi connectivity index (χ1v) is 5.67. The number of hydrazine groups is 1. The molecular formula is C13H17FN2O2. The van der Waals surface area contributed by atoms with Crippen LogP contribution in [0.2, 0.25) is 0 Å². The van der Waals surface area contributed by atoms with E-state index >= 15 is 0 Å². The zero-order valence-electron chi connectivity index (χ0n) is 10.3. The van der Waals surface area contributed by atoms with Crippen LogP contribution in [-0.4, -0.2) is 18.6 Å². The summed E-state index contributed by atoms with van der Waals surface area (Å²) in [4.78, 5) is 11.6. The second-order valence-electron chi connectivity index (χ2n) is 3.71. The normalized spacial score (nSPS) is 11.7. The lowest BCUT2D eigenvalue weighted by molar-refractivity contribution is -0.131. The maximum absolute atomic E-state index is 12.6. The Hall–Kier alpha value is -1.88. The molecule has 0 bridgehead atoms. The van der Waals surface area contributed by atoms with Crippen molar-refractivity contribution in [1.82, 2.24) is 5.43 Å². The van der Waals surface area contributed by atoms with Gasteiger partial charge in [-0.3, -0.25) is 15.6 Å². The van der Waals surface area contributed by atoms with Crippen LogP contribution in [0.25, 0.3) is 0 Å². The molecule has 98 valence electrons. The Morgan fingerprint density at radius 2 is 2.17 bits per heavy atom. The lowest BCUT2D eigenvalue weighted by atomic mass is 10.3. The summed E-state index contributed by atoms with van der Waals surface area (Å²) >= 11 is 0. The van der Waals surface area contributed by atoms with Gasteiger partial charge in [0.25, 0.3) is 5.91 Å². The number of hydrogen-bond donors (Lipinski definition) is 2. The second kappa shape index (κ2) is 7.45. The van der Waals surface area contributed by atoms with Crippen LogP contribution >= 0.6 is 0 Å². The standard InChI is InChI=1S/C13H17FN2O2/c1-3-4-9-18-10(2)13(17)16-15-12-7-5-11(14)6-8-12/h3,5-8,10,15H,1,4,9H2,2H3,(H,16,17). The van der Waals surface area contributed by atoms with Gasteiger partial charge in [-0.15, -0.1) is 6.58 Å². The van der Waals surface area contributed by atoms with E-state index in [-0.39, 0.29) is 11.7 Å². The van der Waals surface area contributed by atoms with Crippen molar-refractivity contribution in [3.05, 3.63) is 42.7 Å². The highest BCUT2D eigenvalue weighted by Crippen LogP contribution is 2.06. The summed E-state index contributed by atoms with van der Waals surface area (Å²) in [7, 11) is 0. The Morgan fingerprint density at radius 1 is 1.50 bits per heavy atom. The highest BCUT2D eigenvalue weighted by Gasteiger charge is 2.12. The van der Waals surface area contributed by atoms with Gasteiger partial charge in [-0.25, -0.2) is 4.39 Å². The van der Waals surface area contributed by atoms with E-state index in [1.165, 1.54) is 24.3 Å². The van der Waals surface area contributed by atoms with Gasteiger partial charge >= 0.3 is 0 Å². The molecule has 1 amide bonds. The fourth-order valence-corrected chi connectivity index (χ4v) is 1.17. The molecule has 0 aliphatic heterocycles. The van der Waals surface area contributed by atoms with Crippen LogP contribution in [0.15, 0.2) is 36.9 Å². The van der Waals surface area contributed by atoms with Gasteiger partial charge in [0, 0.05) is 0 Å². The number of hydrogen-bond acceptors (Lipinski definition) is 3. The van der Waals surface area contributed by atoms with Crippen molar-refractivity contribution in [2.45, 2.75) is 19.4 Å². The topological polar surface area (TPSA) is 50.4 Å². The number of carbonyl (C=O) groups is 1. The predicted octanol–water partition coefficient (Wildman–Crippen LogP) is 2.25. The molecule has 4 nitrogen and oxygen atoms in total. The van der Waals surface area contributed by atoms with Crippen LogP contribution in [0.3, 0.4) is 0 Å². The first kappa shape index (κ1) is 14.2. The van der Waals surface area contributed by atoms with Gasteiger partial charge in [0.05, 0.1) is 12.3 Å². The smallest absolute Gasteiger partial charge is 0.267 e. The highest BCUT2D eigenvalue weighted by molar-refractivity contribution is 5.81. The van der Waals surface area contributed by atoms with Gasteiger partial charge in [-0.05, 0) is 37.6 Å². The number of ether oxygens (including phenoxy) is 1. The SMILES string of the molecule is C=CCCOC(C)C(=O)NNc1ccc(F)cc1. The molecule has 2 N–H and O–H groups in total. The quantitative estimate of drug-likeness (QED) is 0.444. The maximum atomic E-state index is 12.6. The van der Waals surface area contributed by atoms with Crippen molar-refractivity contribution < 1.29 is 13.9 Å². The van der Waals surface area contributed by atoms with Crippen molar-refractivity contribution in [2.24, 2.45) is 0 Å². The van der Waals surface area contributed by atoms with E-state index in [4.69, 9.17) is 4.74 Å². The molecule has 0 saturated heterocycles. The van der Waals surface area contributed by atoms with Gasteiger partial charge in [-0.2, -0.15) is 0 Å². The largest absolute Gasteiger partial charge is 0.368 e. The Kier molecular flexibility index (Phi) is 5.87. The van der Waals surface area contributed by atoms with Crippen molar-refractivity contribution in [1.29, 1.82) is 0 Å². The summed E-state index contributed by atoms with van der Waals surface area (Å²) in [6.45, 7) is 5.67. The van der Waals surface area contributed by atoms with Crippen LogP contribution in [0.5, 0.6) is 0 Å². The molecular weight excluding hydrogens is 235 g/mol. The minimum atomic E-state index is -0.558. The van der Waals surface area contributed by atoms with E-state index in [9.17, 15) is 9.18 Å². The monoisotopic (exact) mass is 252 g/mol. The first-order chi connectivity index (χ1) is 8.63. The Morgan fingerprint density at radius 3 is 2.78 bits per heavy atom. The number of benzene rings is 1. The van der Waals surface area contributed by atoms with Crippen LogP contribution in [0.1, 0.15) is 13.3 Å². The molecule has 1 aromatic carbocycles. The molecule has 18 heavy (non-hydrogen) atoms. The van der Waals surface area contributed by atoms with Crippen molar-refractivity contribution in [3.8, 4) is 0 Å². The average molecular weight is 252 g/mol. The zero-order chi connectivity index (χ0) is 13.4. The molecule has 0 radical (unpaired) electrons. The third-order valence-corrected chi connectivity index (χ3v) is 2.23. The molecule has 1 unspecified atom stereocenters. The van der Waals surface area contributed by atoms with E-state index in [2.05, 4.69) is 17.4 Å². The molecule has 0 heterocycles. The fraction of sp³-hybridized carbons (Fsp3) is 0.308. The van der Waals surface area contributed by atoms with E-state index in [1.54, 1.807) is 13.0 Å². The fourth-order valence-electron chi connectivity index (χ4n) is 1.17. The predicted molar refractivity (Wildman–Crippen MR) is 68.4 cm³/mol. The van der Waals surface area contributed by atoms with E-state index in [1.807, 2.05) is 0 Å². The van der Waals surface area contributed by atoms with Crippen molar-refractivity contribution in [2.75, 3.05) is 12.0 Å². The summed E-state index contributed by atoms with van der Waals surface area (Å²) in [5.74, 6) is -0.614. The number of carbonyl (C=O) groups excluding carboxylic acids is 1. The molecule has 1 rings (SSSR count). The molecule has 0 aliphatic rings. The van der Waals surface area contributed by atoms with Crippen LogP contribution in [-0.2, 0) is 9.53 Å². The second-order valence-corrected chi connectivity index (χ2v) is 3.71. The van der Waals surface area contributed by atoms with Gasteiger partial charge in [-0.1, -0.05) is 6.08 Å². The lowest BCUT2D eigenvalue weighted by Crippen LogP contribution is -2.38. The Balaban J connectivity index is 2.31. The Bertz CT molecular complexity index is 392. The van der Waals surface area contributed by atoms with Crippen molar-refractivity contribution >= 4 is 11.6 Å². The molecule has 1 atom stereocenters. The molecule has 0 fully saturated rings. The van der Waals surface area contributed by atoms with Gasteiger partial charge < -0.3 is 4.74 Å². The average Bonchev–Trinajstić information content (AvgIpc) is 2.38. The molecule has 0 aliphatic carbocycles. The number of amides is 1. The van der Waals surface area contributed by atoms with Gasteiger partial charge in [0.1, 0.15) is 11.9 Å². The molecule has 0 aromatic heterocycles. The minimum Gasteiger partial charge on any atom is -0.368 e. The first-order valence-electron chi connectivity index (χ1n) is 5.67. The highest BCUT2D eigenvalue weighted by atomic mass is 19.1. The summed E-state index contributed by atoms with van der Waals surface area (Å²) in [5, 5.41) is 0. The number of halogens is 1. The lowest BCUT2D eigenvalue weighted by Gasteiger charge is -2.14. The van der Waals surface area contributed by atoms with Crippen LogP contribution < -0.4 is 10.9 Å². The third kappa shape index (κ3) is 4.97. The molecule has 5 heteroatoms. The molecule has 1 aromatic rings. The number of anilines is 1. The zero-order valence-corrected chi connectivity index (χ0v) is 10.3.